The molecule has 0 spiro atoms. The van der Waals surface area contributed by atoms with Crippen LogP contribution in [0.1, 0.15) is 129 Å². The van der Waals surface area contributed by atoms with Gasteiger partial charge in [-0.1, -0.05) is 117 Å². The molecule has 34 heavy (non-hydrogen) atoms. The summed E-state index contributed by atoms with van der Waals surface area (Å²) >= 11 is 0. The van der Waals surface area contributed by atoms with E-state index in [9.17, 15) is 25.9 Å². The first-order chi connectivity index (χ1) is 15.1. The molecule has 12 heteroatoms. The summed E-state index contributed by atoms with van der Waals surface area (Å²) in [5.74, 6) is 0. The van der Waals surface area contributed by atoms with Crippen LogP contribution in [0.3, 0.4) is 0 Å². The Kier molecular flexibility index (Phi) is 39.0. The van der Waals surface area contributed by atoms with Crippen LogP contribution in [0.4, 0.5) is 0 Å². The predicted molar refractivity (Wildman–Crippen MR) is 126 cm³/mol. The fraction of sp³-hybridized carbons (Fsp3) is 1.00. The van der Waals surface area contributed by atoms with Gasteiger partial charge in [-0.3, -0.25) is 8.37 Å². The van der Waals surface area contributed by atoms with E-state index in [0.29, 0.717) is 12.8 Å². The first-order valence-electron chi connectivity index (χ1n) is 12.3. The van der Waals surface area contributed by atoms with Crippen LogP contribution in [0.15, 0.2) is 0 Å². The molecule has 0 N–H and O–H groups in total. The van der Waals surface area contributed by atoms with Crippen LogP contribution in [0, 0.1) is 0 Å². The van der Waals surface area contributed by atoms with E-state index >= 15 is 0 Å². The molecule has 0 aliphatic carbocycles. The minimum atomic E-state index is -4.48. The quantitative estimate of drug-likeness (QED) is 0.0799. The van der Waals surface area contributed by atoms with Gasteiger partial charge in [-0.25, -0.2) is 16.8 Å². The zero-order chi connectivity index (χ0) is 24.6. The maximum absolute atomic E-state index is 10.1. The number of hydrogen-bond donors (Lipinski definition) is 0. The monoisotopic (exact) mass is 548 g/mol. The zero-order valence-electron chi connectivity index (χ0n) is 22.2. The van der Waals surface area contributed by atoms with Crippen molar-refractivity contribution in [3.8, 4) is 0 Å². The molecule has 0 aromatic carbocycles. The molecule has 0 unspecified atom stereocenters. The van der Waals surface area contributed by atoms with Crippen LogP contribution in [-0.4, -0.2) is 39.2 Å². The van der Waals surface area contributed by atoms with Crippen molar-refractivity contribution in [3.05, 3.63) is 0 Å². The van der Waals surface area contributed by atoms with Crippen molar-refractivity contribution in [1.82, 2.24) is 0 Å². The molecule has 0 aliphatic rings. The number of rotatable bonds is 22. The second kappa shape index (κ2) is 31.0. The molecule has 0 aliphatic heterocycles. The minimum absolute atomic E-state index is 0. The molecule has 0 aromatic rings. The van der Waals surface area contributed by atoms with Crippen LogP contribution in [-0.2, 0) is 29.2 Å². The van der Waals surface area contributed by atoms with E-state index < -0.39 is 20.8 Å². The molecule has 8 nitrogen and oxygen atoms in total. The molecule has 0 aromatic heterocycles. The third-order valence-electron chi connectivity index (χ3n) is 4.95. The molecule has 0 bridgehead atoms. The van der Waals surface area contributed by atoms with Crippen molar-refractivity contribution in [3.63, 3.8) is 0 Å². The van der Waals surface area contributed by atoms with Gasteiger partial charge in [0.2, 0.25) is 20.8 Å². The molecular formula is C22H46Na2O8S2. The van der Waals surface area contributed by atoms with Crippen LogP contribution < -0.4 is 59.1 Å². The van der Waals surface area contributed by atoms with Gasteiger partial charge in [-0.15, -0.1) is 0 Å². The van der Waals surface area contributed by atoms with Crippen LogP contribution in [0.5, 0.6) is 0 Å². The first kappa shape index (κ1) is 42.8. The van der Waals surface area contributed by atoms with E-state index in [0.717, 1.165) is 25.7 Å². The van der Waals surface area contributed by atoms with E-state index in [1.807, 2.05) is 0 Å². The van der Waals surface area contributed by atoms with Gasteiger partial charge in [0.05, 0.1) is 13.2 Å². The minimum Gasteiger partial charge on any atom is -0.726 e. The van der Waals surface area contributed by atoms with E-state index in [2.05, 4.69) is 22.2 Å². The first-order valence-corrected chi connectivity index (χ1v) is 15.0. The summed E-state index contributed by atoms with van der Waals surface area (Å²) in [4.78, 5) is 0. The molecule has 0 rings (SSSR count). The standard InChI is InChI=1S/2C11H24O4S.2Na/c2*1-2-3-4-5-6-7-8-9-10-11-15-16(12,13)14;;/h2*2-11H2,1H3,(H,12,13,14);;/q;;2*+1/p-2. The van der Waals surface area contributed by atoms with Gasteiger partial charge in [0, 0.05) is 0 Å². The molecule has 0 radical (unpaired) electrons. The van der Waals surface area contributed by atoms with E-state index in [4.69, 9.17) is 0 Å². The molecule has 0 saturated heterocycles. The molecule has 196 valence electrons. The summed E-state index contributed by atoms with van der Waals surface area (Å²) in [6, 6.07) is 0. The Morgan fingerprint density at radius 2 is 0.647 bits per heavy atom. The predicted octanol–water partition coefficient (Wildman–Crippen LogP) is -0.00400. The van der Waals surface area contributed by atoms with Crippen LogP contribution >= 0.6 is 0 Å². The summed E-state index contributed by atoms with van der Waals surface area (Å²) < 4.78 is 68.7. The molecule has 0 amide bonds. The molecule has 0 heterocycles. The second-order valence-corrected chi connectivity index (χ2v) is 10.2. The van der Waals surface area contributed by atoms with Gasteiger partial charge in [-0.2, -0.15) is 0 Å². The molecule has 0 saturated carbocycles. The SMILES string of the molecule is CCCCCCCCCCCOS(=O)(=O)[O-].CCCCCCCCCCCOS(=O)(=O)[O-].[Na+].[Na+]. The maximum Gasteiger partial charge on any atom is 1.00 e. The maximum atomic E-state index is 10.1. The third-order valence-corrected chi connectivity index (χ3v) is 5.86. The fourth-order valence-corrected chi connectivity index (χ4v) is 3.79. The number of unbranched alkanes of at least 4 members (excludes halogenated alkanes) is 16. The van der Waals surface area contributed by atoms with E-state index in [1.54, 1.807) is 0 Å². The topological polar surface area (TPSA) is 133 Å². The molecule has 0 atom stereocenters. The van der Waals surface area contributed by atoms with Gasteiger partial charge >= 0.3 is 59.1 Å². The Morgan fingerprint density at radius 3 is 0.853 bits per heavy atom. The summed E-state index contributed by atoms with van der Waals surface area (Å²) in [6.45, 7) is 4.46. The molecular weight excluding hydrogens is 502 g/mol. The Hall–Kier alpha value is 1.74. The van der Waals surface area contributed by atoms with E-state index in [1.165, 1.54) is 77.0 Å². The normalized spacial score (nSPS) is 11.2. The average Bonchev–Trinajstić information content (AvgIpc) is 2.70. The van der Waals surface area contributed by atoms with Crippen molar-refractivity contribution < 1.29 is 93.4 Å². The van der Waals surface area contributed by atoms with Gasteiger partial charge in [0.1, 0.15) is 0 Å². The average molecular weight is 549 g/mol. The fourth-order valence-electron chi connectivity index (χ4n) is 3.15. The summed E-state index contributed by atoms with van der Waals surface area (Å²) in [7, 11) is -8.96. The van der Waals surface area contributed by atoms with Crippen molar-refractivity contribution in [2.45, 2.75) is 129 Å². The van der Waals surface area contributed by atoms with Gasteiger partial charge in [0.15, 0.2) is 0 Å². The third kappa shape index (κ3) is 47.0. The Bertz CT molecular complexity index is 536. The summed E-state index contributed by atoms with van der Waals surface area (Å²) in [6.07, 6.45) is 20.6. The smallest absolute Gasteiger partial charge is 0.726 e. The van der Waals surface area contributed by atoms with Crippen molar-refractivity contribution in [2.24, 2.45) is 0 Å². The number of hydrogen-bond acceptors (Lipinski definition) is 8. The zero-order valence-corrected chi connectivity index (χ0v) is 27.9. The van der Waals surface area contributed by atoms with E-state index in [-0.39, 0.29) is 72.3 Å². The van der Waals surface area contributed by atoms with Crippen molar-refractivity contribution >= 4 is 20.8 Å². The van der Waals surface area contributed by atoms with Crippen LogP contribution in [0.2, 0.25) is 0 Å². The van der Waals surface area contributed by atoms with Crippen molar-refractivity contribution in [1.29, 1.82) is 0 Å². The second-order valence-electron chi connectivity index (χ2n) is 8.12. The van der Waals surface area contributed by atoms with Gasteiger partial charge < -0.3 is 9.11 Å². The van der Waals surface area contributed by atoms with Crippen molar-refractivity contribution in [2.75, 3.05) is 13.2 Å². The summed E-state index contributed by atoms with van der Waals surface area (Å²) in [5, 5.41) is 0. The van der Waals surface area contributed by atoms with Gasteiger partial charge in [0.25, 0.3) is 0 Å². The van der Waals surface area contributed by atoms with Crippen LogP contribution in [0.25, 0.3) is 0 Å². The molecule has 0 fully saturated rings. The largest absolute Gasteiger partial charge is 1.00 e. The van der Waals surface area contributed by atoms with Gasteiger partial charge in [-0.05, 0) is 12.8 Å². The Morgan fingerprint density at radius 1 is 0.441 bits per heavy atom. The Labute approximate surface area is 254 Å². The Balaban J connectivity index is -0.000000250. The summed E-state index contributed by atoms with van der Waals surface area (Å²) in [5.41, 5.74) is 0.